The van der Waals surface area contributed by atoms with Crippen molar-refractivity contribution in [3.05, 3.63) is 84.1 Å². The summed E-state index contributed by atoms with van der Waals surface area (Å²) in [6, 6.07) is 14.8. The molecule has 10 heteroatoms. The first-order valence-corrected chi connectivity index (χ1v) is 12.1. The Morgan fingerprint density at radius 3 is 2.49 bits per heavy atom. The topological polar surface area (TPSA) is 114 Å². The third kappa shape index (κ3) is 4.92. The molecule has 1 N–H and O–H groups in total. The molecule has 3 aromatic rings. The number of nitrogens with zero attached hydrogens (tertiary/aromatic N) is 3. The van der Waals surface area contributed by atoms with E-state index in [-0.39, 0.29) is 30.7 Å². The summed E-state index contributed by atoms with van der Waals surface area (Å²) in [4.78, 5) is 47.3. The summed E-state index contributed by atoms with van der Waals surface area (Å²) < 4.78 is 16.7. The molecule has 2 aromatic heterocycles. The van der Waals surface area contributed by atoms with Crippen LogP contribution in [0, 0.1) is 0 Å². The molecule has 0 radical (unpaired) electrons. The number of ether oxygens (including phenoxy) is 2. The summed E-state index contributed by atoms with van der Waals surface area (Å²) in [5, 5.41) is 2.87. The first-order valence-electron chi connectivity index (χ1n) is 12.1. The van der Waals surface area contributed by atoms with Crippen molar-refractivity contribution in [2.24, 2.45) is 0 Å². The minimum Gasteiger partial charge on any atom is -0.497 e. The first-order chi connectivity index (χ1) is 18.0. The summed E-state index contributed by atoms with van der Waals surface area (Å²) in [6.07, 6.45) is 3.81. The standard InChI is InChI=1S/C27H28N4O6/c1-35-21-9-7-19(8-10-21)25(33)30-14-11-27(12-15-30)31(26(34)23-6-4-16-36-23)22(18-37-27)24(32)29-17-20-5-2-3-13-28-20/h2-10,13,16,22H,11-12,14-15,17-18H2,1H3,(H,29,32). The fraction of sp³-hybridized carbons (Fsp3) is 0.333. The molecule has 2 fully saturated rings. The second-order valence-corrected chi connectivity index (χ2v) is 8.99. The molecule has 10 nitrogen and oxygen atoms in total. The van der Waals surface area contributed by atoms with E-state index in [1.54, 1.807) is 60.7 Å². The van der Waals surface area contributed by atoms with Gasteiger partial charge in [0.1, 0.15) is 17.5 Å². The lowest BCUT2D eigenvalue weighted by molar-refractivity contribution is -0.128. The van der Waals surface area contributed by atoms with Crippen LogP contribution in [-0.4, -0.2) is 71.1 Å². The zero-order valence-electron chi connectivity index (χ0n) is 20.5. The Labute approximate surface area is 214 Å². The van der Waals surface area contributed by atoms with Crippen molar-refractivity contribution >= 4 is 17.7 Å². The summed E-state index contributed by atoms with van der Waals surface area (Å²) in [5.74, 6) is -0.0595. The van der Waals surface area contributed by atoms with Gasteiger partial charge in [-0.25, -0.2) is 0 Å². The normalized spacial score (nSPS) is 18.6. The molecule has 2 aliphatic heterocycles. The number of piperidine rings is 1. The molecule has 1 spiro atoms. The lowest BCUT2D eigenvalue weighted by atomic mass is 9.96. The second kappa shape index (κ2) is 10.4. The number of benzene rings is 1. The summed E-state index contributed by atoms with van der Waals surface area (Å²) >= 11 is 0. The smallest absolute Gasteiger partial charge is 0.292 e. The number of hydrogen-bond acceptors (Lipinski definition) is 7. The van der Waals surface area contributed by atoms with Crippen molar-refractivity contribution in [1.82, 2.24) is 20.1 Å². The molecule has 37 heavy (non-hydrogen) atoms. The van der Waals surface area contributed by atoms with Crippen LogP contribution in [0.25, 0.3) is 0 Å². The molecule has 192 valence electrons. The molecule has 0 aliphatic carbocycles. The molecule has 2 saturated heterocycles. The number of nitrogens with one attached hydrogen (secondary N) is 1. The van der Waals surface area contributed by atoms with Gasteiger partial charge in [0.05, 0.1) is 32.2 Å². The quantitative estimate of drug-likeness (QED) is 0.549. The van der Waals surface area contributed by atoms with Crippen LogP contribution in [0.5, 0.6) is 5.75 Å². The fourth-order valence-electron chi connectivity index (χ4n) is 4.86. The Balaban J connectivity index is 1.32. The second-order valence-electron chi connectivity index (χ2n) is 8.99. The summed E-state index contributed by atoms with van der Waals surface area (Å²) in [6.45, 7) is 1.02. The molecule has 5 rings (SSSR count). The predicted octanol–water partition coefficient (Wildman–Crippen LogP) is 2.47. The van der Waals surface area contributed by atoms with Gasteiger partial charge in [-0.2, -0.15) is 0 Å². The van der Waals surface area contributed by atoms with Gasteiger partial charge in [-0.1, -0.05) is 6.07 Å². The average Bonchev–Trinajstić information content (AvgIpc) is 3.61. The molecule has 1 unspecified atom stereocenters. The molecular weight excluding hydrogens is 476 g/mol. The number of likely N-dealkylation sites (tertiary alicyclic amines) is 1. The monoisotopic (exact) mass is 504 g/mol. The Bertz CT molecular complexity index is 1240. The Morgan fingerprint density at radius 1 is 1.05 bits per heavy atom. The van der Waals surface area contributed by atoms with Crippen LogP contribution >= 0.6 is 0 Å². The fourth-order valence-corrected chi connectivity index (χ4v) is 4.86. The van der Waals surface area contributed by atoms with Crippen molar-refractivity contribution in [2.45, 2.75) is 31.2 Å². The third-order valence-corrected chi connectivity index (χ3v) is 6.85. The maximum Gasteiger partial charge on any atom is 0.292 e. The van der Waals surface area contributed by atoms with Gasteiger partial charge in [0.15, 0.2) is 5.76 Å². The Morgan fingerprint density at radius 2 is 1.84 bits per heavy atom. The number of hydrogen-bond donors (Lipinski definition) is 1. The van der Waals surface area contributed by atoms with Crippen molar-refractivity contribution < 1.29 is 28.3 Å². The molecular formula is C27H28N4O6. The minimum atomic E-state index is -1.02. The van der Waals surface area contributed by atoms with E-state index in [2.05, 4.69) is 10.3 Å². The van der Waals surface area contributed by atoms with Gasteiger partial charge in [0, 0.05) is 37.7 Å². The van der Waals surface area contributed by atoms with Gasteiger partial charge < -0.3 is 24.1 Å². The van der Waals surface area contributed by atoms with Crippen molar-refractivity contribution in [3.8, 4) is 5.75 Å². The number of amides is 3. The van der Waals surface area contributed by atoms with Crippen LogP contribution in [0.2, 0.25) is 0 Å². The molecule has 1 aromatic carbocycles. The van der Waals surface area contributed by atoms with Gasteiger partial charge in [0.2, 0.25) is 5.91 Å². The maximum atomic E-state index is 13.5. The number of furan rings is 1. The third-order valence-electron chi connectivity index (χ3n) is 6.85. The van der Waals surface area contributed by atoms with Gasteiger partial charge >= 0.3 is 0 Å². The van der Waals surface area contributed by atoms with Crippen molar-refractivity contribution in [1.29, 1.82) is 0 Å². The number of aromatic nitrogens is 1. The largest absolute Gasteiger partial charge is 0.497 e. The van der Waals surface area contributed by atoms with Gasteiger partial charge in [-0.15, -0.1) is 0 Å². The van der Waals surface area contributed by atoms with E-state index in [1.165, 1.54) is 11.2 Å². The van der Waals surface area contributed by atoms with E-state index in [0.29, 0.717) is 42.9 Å². The molecule has 4 heterocycles. The Kier molecular flexibility index (Phi) is 6.91. The van der Waals surface area contributed by atoms with E-state index in [4.69, 9.17) is 13.9 Å². The molecule has 3 amide bonds. The lowest BCUT2D eigenvalue weighted by Crippen LogP contribution is -2.59. The van der Waals surface area contributed by atoms with Crippen molar-refractivity contribution in [3.63, 3.8) is 0 Å². The van der Waals surface area contributed by atoms with E-state index in [0.717, 1.165) is 0 Å². The molecule has 0 bridgehead atoms. The van der Waals surface area contributed by atoms with Gasteiger partial charge in [0.25, 0.3) is 11.8 Å². The van der Waals surface area contributed by atoms with Crippen LogP contribution < -0.4 is 10.1 Å². The minimum absolute atomic E-state index is 0.0485. The van der Waals surface area contributed by atoms with E-state index < -0.39 is 17.7 Å². The number of carbonyl (C=O) groups excluding carboxylic acids is 3. The van der Waals surface area contributed by atoms with Crippen LogP contribution in [0.4, 0.5) is 0 Å². The van der Waals surface area contributed by atoms with Gasteiger partial charge in [-0.3, -0.25) is 24.3 Å². The number of rotatable bonds is 6. The average molecular weight is 505 g/mol. The highest BCUT2D eigenvalue weighted by molar-refractivity contribution is 5.97. The van der Waals surface area contributed by atoms with E-state index >= 15 is 0 Å². The number of carbonyl (C=O) groups is 3. The summed E-state index contributed by atoms with van der Waals surface area (Å²) in [7, 11) is 1.57. The highest BCUT2D eigenvalue weighted by Gasteiger charge is 2.54. The summed E-state index contributed by atoms with van der Waals surface area (Å²) in [5.41, 5.74) is 0.242. The SMILES string of the molecule is COc1ccc(C(=O)N2CCC3(CC2)OCC(C(=O)NCc2ccccn2)N3C(=O)c2ccco2)cc1. The lowest BCUT2D eigenvalue weighted by Gasteiger charge is -2.44. The van der Waals surface area contributed by atoms with Crippen LogP contribution in [0.1, 0.15) is 39.4 Å². The van der Waals surface area contributed by atoms with Crippen LogP contribution in [0.15, 0.2) is 71.5 Å². The van der Waals surface area contributed by atoms with Crippen molar-refractivity contribution in [2.75, 3.05) is 26.8 Å². The molecule has 1 atom stereocenters. The number of pyridine rings is 1. The van der Waals surface area contributed by atoms with Crippen LogP contribution in [0.3, 0.4) is 0 Å². The maximum absolute atomic E-state index is 13.5. The zero-order chi connectivity index (χ0) is 25.8. The highest BCUT2D eigenvalue weighted by Crippen LogP contribution is 2.39. The van der Waals surface area contributed by atoms with Crippen LogP contribution in [-0.2, 0) is 16.1 Å². The van der Waals surface area contributed by atoms with E-state index in [1.807, 2.05) is 12.1 Å². The van der Waals surface area contributed by atoms with Gasteiger partial charge in [-0.05, 0) is 48.5 Å². The number of methoxy groups -OCH3 is 1. The zero-order valence-corrected chi connectivity index (χ0v) is 20.5. The first kappa shape index (κ1) is 24.5. The molecule has 0 saturated carbocycles. The Hall–Kier alpha value is -4.18. The highest BCUT2D eigenvalue weighted by atomic mass is 16.5. The predicted molar refractivity (Wildman–Crippen MR) is 132 cm³/mol. The molecule has 2 aliphatic rings. The van der Waals surface area contributed by atoms with E-state index in [9.17, 15) is 14.4 Å².